The van der Waals surface area contributed by atoms with Crippen molar-refractivity contribution in [3.05, 3.63) is 71.5 Å². The molecule has 7 heteroatoms. The highest BCUT2D eigenvalue weighted by atomic mass is 16.5. The molecule has 0 saturated carbocycles. The van der Waals surface area contributed by atoms with E-state index in [1.807, 2.05) is 18.2 Å². The topological polar surface area (TPSA) is 75.6 Å². The van der Waals surface area contributed by atoms with Crippen molar-refractivity contribution in [2.75, 3.05) is 32.8 Å². The minimum atomic E-state index is -0.639. The fourth-order valence-electron chi connectivity index (χ4n) is 3.57. The van der Waals surface area contributed by atoms with E-state index in [1.165, 1.54) is 17.3 Å². The van der Waals surface area contributed by atoms with Crippen molar-refractivity contribution in [2.45, 2.75) is 13.5 Å². The summed E-state index contributed by atoms with van der Waals surface area (Å²) in [4.78, 5) is 37.2. The zero-order chi connectivity index (χ0) is 20.9. The van der Waals surface area contributed by atoms with Gasteiger partial charge >= 0.3 is 5.97 Å². The Hall–Kier alpha value is -3.32. The van der Waals surface area contributed by atoms with Crippen molar-refractivity contribution in [1.29, 1.82) is 0 Å². The van der Waals surface area contributed by atoms with Crippen LogP contribution in [0.2, 0.25) is 0 Å². The van der Waals surface area contributed by atoms with Crippen LogP contribution in [0.1, 0.15) is 21.6 Å². The van der Waals surface area contributed by atoms with Crippen LogP contribution in [0.5, 0.6) is 0 Å². The van der Waals surface area contributed by atoms with Crippen molar-refractivity contribution in [3.63, 3.8) is 0 Å². The highest BCUT2D eigenvalue weighted by Crippen LogP contribution is 2.12. The third-order valence-electron chi connectivity index (χ3n) is 5.20. The molecule has 1 aliphatic heterocycles. The monoisotopic (exact) mass is 404 g/mol. The zero-order valence-electron chi connectivity index (χ0n) is 17.0. The number of piperazine rings is 1. The molecule has 1 amide bonds. The average molecular weight is 404 g/mol. The molecule has 30 heavy (non-hydrogen) atoms. The SMILES string of the molecule is Cc1cccc(CN2CCN(C(=O)COC(=O)c3cnc4ccccc4n3)CC2)c1. The number of carbonyl (C=O) groups excluding carboxylic acids is 2. The lowest BCUT2D eigenvalue weighted by molar-refractivity contribution is -0.136. The molecule has 2 heterocycles. The molecule has 7 nitrogen and oxygen atoms in total. The summed E-state index contributed by atoms with van der Waals surface area (Å²) in [5.41, 5.74) is 3.94. The highest BCUT2D eigenvalue weighted by molar-refractivity contribution is 5.91. The van der Waals surface area contributed by atoms with Gasteiger partial charge in [-0.15, -0.1) is 0 Å². The summed E-state index contributed by atoms with van der Waals surface area (Å²) in [6.45, 7) is 5.51. The van der Waals surface area contributed by atoms with Gasteiger partial charge in [-0.2, -0.15) is 0 Å². The maximum Gasteiger partial charge on any atom is 0.359 e. The maximum atomic E-state index is 12.5. The van der Waals surface area contributed by atoms with Gasteiger partial charge in [0.05, 0.1) is 17.2 Å². The number of benzene rings is 2. The Morgan fingerprint density at radius 2 is 1.77 bits per heavy atom. The number of hydrogen-bond acceptors (Lipinski definition) is 6. The van der Waals surface area contributed by atoms with E-state index in [9.17, 15) is 9.59 Å². The first-order valence-electron chi connectivity index (χ1n) is 10.0. The lowest BCUT2D eigenvalue weighted by atomic mass is 10.1. The molecule has 4 rings (SSSR count). The molecule has 1 saturated heterocycles. The molecule has 1 aliphatic rings. The fourth-order valence-corrected chi connectivity index (χ4v) is 3.57. The molecule has 0 spiro atoms. The molecule has 1 aromatic heterocycles. The number of carbonyl (C=O) groups is 2. The molecule has 154 valence electrons. The highest BCUT2D eigenvalue weighted by Gasteiger charge is 2.22. The second-order valence-corrected chi connectivity index (χ2v) is 7.47. The standard InChI is InChI=1S/C23H24N4O3/c1-17-5-4-6-18(13-17)15-26-9-11-27(12-10-26)22(28)16-30-23(29)21-14-24-19-7-2-3-8-20(19)25-21/h2-8,13-14H,9-12,15-16H2,1H3. The van der Waals surface area contributed by atoms with Gasteiger partial charge in [-0.25, -0.2) is 9.78 Å². The Kier molecular flexibility index (Phi) is 5.99. The number of aromatic nitrogens is 2. The van der Waals surface area contributed by atoms with E-state index in [0.29, 0.717) is 24.1 Å². The van der Waals surface area contributed by atoms with Crippen molar-refractivity contribution < 1.29 is 14.3 Å². The van der Waals surface area contributed by atoms with E-state index in [1.54, 1.807) is 11.0 Å². The van der Waals surface area contributed by atoms with Gasteiger partial charge in [-0.05, 0) is 24.6 Å². The quantitative estimate of drug-likeness (QED) is 0.608. The summed E-state index contributed by atoms with van der Waals surface area (Å²) < 4.78 is 5.18. The maximum absolute atomic E-state index is 12.5. The number of amides is 1. The van der Waals surface area contributed by atoms with E-state index >= 15 is 0 Å². The van der Waals surface area contributed by atoms with Crippen LogP contribution < -0.4 is 0 Å². The van der Waals surface area contributed by atoms with Gasteiger partial charge in [0.1, 0.15) is 0 Å². The van der Waals surface area contributed by atoms with Crippen LogP contribution in [-0.4, -0.2) is 64.4 Å². The molecule has 0 radical (unpaired) electrons. The molecule has 2 aromatic carbocycles. The van der Waals surface area contributed by atoms with Crippen LogP contribution in [-0.2, 0) is 16.1 Å². The van der Waals surface area contributed by atoms with Gasteiger partial charge in [0.15, 0.2) is 12.3 Å². The molecular weight excluding hydrogens is 380 g/mol. The number of ether oxygens (including phenoxy) is 1. The van der Waals surface area contributed by atoms with E-state index < -0.39 is 5.97 Å². The molecule has 0 atom stereocenters. The number of hydrogen-bond donors (Lipinski definition) is 0. The van der Waals surface area contributed by atoms with Crippen LogP contribution in [0, 0.1) is 6.92 Å². The third-order valence-corrected chi connectivity index (χ3v) is 5.20. The van der Waals surface area contributed by atoms with Crippen LogP contribution in [0.4, 0.5) is 0 Å². The number of rotatable bonds is 5. The van der Waals surface area contributed by atoms with Crippen LogP contribution in [0.3, 0.4) is 0 Å². The Labute approximate surface area is 175 Å². The fraction of sp³-hybridized carbons (Fsp3) is 0.304. The predicted octanol–water partition coefficient (Wildman–Crippen LogP) is 2.44. The van der Waals surface area contributed by atoms with Gasteiger partial charge in [0, 0.05) is 32.7 Å². The molecule has 1 fully saturated rings. The van der Waals surface area contributed by atoms with Crippen molar-refractivity contribution >= 4 is 22.9 Å². The van der Waals surface area contributed by atoms with Gasteiger partial charge in [0.25, 0.3) is 5.91 Å². The van der Waals surface area contributed by atoms with Crippen molar-refractivity contribution in [3.8, 4) is 0 Å². The predicted molar refractivity (Wildman–Crippen MR) is 113 cm³/mol. The number of fused-ring (bicyclic) bond motifs is 1. The molecule has 0 bridgehead atoms. The number of nitrogens with zero attached hydrogens (tertiary/aromatic N) is 4. The van der Waals surface area contributed by atoms with E-state index in [-0.39, 0.29) is 18.2 Å². The number of esters is 1. The van der Waals surface area contributed by atoms with Gasteiger partial charge < -0.3 is 9.64 Å². The van der Waals surface area contributed by atoms with Gasteiger partial charge in [0.2, 0.25) is 0 Å². The minimum absolute atomic E-state index is 0.101. The molecule has 0 N–H and O–H groups in total. The first-order valence-corrected chi connectivity index (χ1v) is 10.0. The van der Waals surface area contributed by atoms with Crippen molar-refractivity contribution in [2.24, 2.45) is 0 Å². The van der Waals surface area contributed by atoms with E-state index in [0.717, 1.165) is 19.6 Å². The Balaban J connectivity index is 1.25. The number of para-hydroxylation sites is 2. The van der Waals surface area contributed by atoms with Gasteiger partial charge in [-0.1, -0.05) is 42.0 Å². The Bertz CT molecular complexity index is 1060. The lowest BCUT2D eigenvalue weighted by Gasteiger charge is -2.34. The first-order chi connectivity index (χ1) is 14.6. The summed E-state index contributed by atoms with van der Waals surface area (Å²) >= 11 is 0. The zero-order valence-corrected chi connectivity index (χ0v) is 17.0. The smallest absolute Gasteiger partial charge is 0.359 e. The lowest BCUT2D eigenvalue weighted by Crippen LogP contribution is -2.49. The minimum Gasteiger partial charge on any atom is -0.451 e. The molecule has 0 aliphatic carbocycles. The average Bonchev–Trinajstić information content (AvgIpc) is 2.77. The summed E-state index contributed by atoms with van der Waals surface area (Å²) in [5.74, 6) is -0.827. The Morgan fingerprint density at radius 1 is 1.00 bits per heavy atom. The summed E-state index contributed by atoms with van der Waals surface area (Å²) in [6, 6.07) is 15.7. The van der Waals surface area contributed by atoms with E-state index in [4.69, 9.17) is 4.74 Å². The normalized spacial score (nSPS) is 14.6. The number of aryl methyl sites for hydroxylation is 1. The third kappa shape index (κ3) is 4.80. The van der Waals surface area contributed by atoms with Gasteiger partial charge in [-0.3, -0.25) is 14.7 Å². The molecule has 0 unspecified atom stereocenters. The van der Waals surface area contributed by atoms with Crippen LogP contribution >= 0.6 is 0 Å². The summed E-state index contributed by atoms with van der Waals surface area (Å²) in [7, 11) is 0. The Morgan fingerprint density at radius 3 is 2.53 bits per heavy atom. The summed E-state index contributed by atoms with van der Waals surface area (Å²) in [5, 5.41) is 0. The summed E-state index contributed by atoms with van der Waals surface area (Å²) in [6.07, 6.45) is 1.37. The second kappa shape index (κ2) is 9.00. The largest absolute Gasteiger partial charge is 0.451 e. The molecule has 3 aromatic rings. The van der Waals surface area contributed by atoms with E-state index in [2.05, 4.69) is 46.1 Å². The van der Waals surface area contributed by atoms with Crippen molar-refractivity contribution in [1.82, 2.24) is 19.8 Å². The van der Waals surface area contributed by atoms with Crippen LogP contribution in [0.25, 0.3) is 11.0 Å². The first kappa shape index (κ1) is 20.0. The van der Waals surface area contributed by atoms with Crippen LogP contribution in [0.15, 0.2) is 54.7 Å². The second-order valence-electron chi connectivity index (χ2n) is 7.47. The molecular formula is C23H24N4O3.